The van der Waals surface area contributed by atoms with E-state index in [2.05, 4.69) is 33.6 Å². The number of aromatic nitrogens is 4. The number of aryl methyl sites for hydroxylation is 1. The highest BCUT2D eigenvalue weighted by atomic mass is 32.1. The Morgan fingerprint density at radius 3 is 2.86 bits per heavy atom. The Kier molecular flexibility index (Phi) is 4.03. The summed E-state index contributed by atoms with van der Waals surface area (Å²) < 4.78 is 9.43. The van der Waals surface area contributed by atoms with Gasteiger partial charge in [-0.2, -0.15) is 4.98 Å². The van der Waals surface area contributed by atoms with Gasteiger partial charge in [-0.15, -0.1) is 5.10 Å². The third kappa shape index (κ3) is 2.85. The number of nitrogens with two attached hydrogens (primary N) is 1. The summed E-state index contributed by atoms with van der Waals surface area (Å²) in [7, 11) is 0. The van der Waals surface area contributed by atoms with Crippen LogP contribution in [0.5, 0.6) is 0 Å². The van der Waals surface area contributed by atoms with E-state index in [1.54, 1.807) is 0 Å². The van der Waals surface area contributed by atoms with E-state index in [1.165, 1.54) is 11.5 Å². The number of hydrogen-bond donors (Lipinski definition) is 1. The van der Waals surface area contributed by atoms with Gasteiger partial charge in [-0.25, -0.2) is 0 Å². The monoisotopic (exact) mass is 307 g/mol. The minimum Gasteiger partial charge on any atom is -0.333 e. The molecule has 0 amide bonds. The van der Waals surface area contributed by atoms with Gasteiger partial charge in [-0.1, -0.05) is 29.9 Å². The van der Waals surface area contributed by atoms with Crippen LogP contribution in [0.4, 0.5) is 0 Å². The van der Waals surface area contributed by atoms with Crippen LogP contribution in [0.15, 0.2) is 4.52 Å². The molecular weight excluding hydrogens is 286 g/mol. The fraction of sp³-hybridized carbons (Fsp3) is 0.714. The highest BCUT2D eigenvalue weighted by Crippen LogP contribution is 2.37. The fourth-order valence-corrected chi connectivity index (χ4v) is 3.42. The molecule has 2 N–H and O–H groups in total. The fourth-order valence-electron chi connectivity index (χ4n) is 2.79. The standard InChI is InChI=1S/C14H21N5OS/c1-3-4-10-11(21-19-17-10)12-16-13(18-20-12)14(15)7-5-9(2)6-8-14/h9H,3-8,15H2,1-2H3. The average molecular weight is 307 g/mol. The first-order valence-corrected chi connectivity index (χ1v) is 8.34. The topological polar surface area (TPSA) is 90.7 Å². The van der Waals surface area contributed by atoms with Crippen molar-refractivity contribution in [1.82, 2.24) is 19.7 Å². The quantitative estimate of drug-likeness (QED) is 0.934. The van der Waals surface area contributed by atoms with Crippen LogP contribution in [0.2, 0.25) is 0 Å². The molecule has 1 fully saturated rings. The van der Waals surface area contributed by atoms with Crippen molar-refractivity contribution in [3.05, 3.63) is 11.5 Å². The number of rotatable bonds is 4. The normalized spacial score (nSPS) is 26.1. The number of nitrogens with zero attached hydrogens (tertiary/aromatic N) is 4. The van der Waals surface area contributed by atoms with Gasteiger partial charge in [0.05, 0.1) is 11.2 Å². The second-order valence-corrected chi connectivity index (χ2v) is 6.81. The Morgan fingerprint density at radius 1 is 1.38 bits per heavy atom. The molecule has 1 aliphatic rings. The molecule has 0 aliphatic heterocycles. The lowest BCUT2D eigenvalue weighted by Crippen LogP contribution is -2.41. The van der Waals surface area contributed by atoms with E-state index in [0.29, 0.717) is 11.7 Å². The molecule has 2 heterocycles. The first-order valence-electron chi connectivity index (χ1n) is 7.57. The Hall–Kier alpha value is -1.34. The van der Waals surface area contributed by atoms with E-state index in [4.69, 9.17) is 10.3 Å². The van der Waals surface area contributed by atoms with Gasteiger partial charge in [0, 0.05) is 0 Å². The van der Waals surface area contributed by atoms with Crippen LogP contribution in [0, 0.1) is 5.92 Å². The van der Waals surface area contributed by atoms with E-state index >= 15 is 0 Å². The molecule has 0 spiro atoms. The van der Waals surface area contributed by atoms with Crippen molar-refractivity contribution in [3.8, 4) is 10.8 Å². The molecule has 0 radical (unpaired) electrons. The maximum Gasteiger partial charge on any atom is 0.271 e. The summed E-state index contributed by atoms with van der Waals surface area (Å²) in [6.07, 6.45) is 5.94. The molecule has 3 rings (SSSR count). The Bertz CT molecular complexity index is 600. The first kappa shape index (κ1) is 14.6. The van der Waals surface area contributed by atoms with Crippen molar-refractivity contribution in [2.45, 2.75) is 57.9 Å². The summed E-state index contributed by atoms with van der Waals surface area (Å²) in [5.74, 6) is 1.86. The summed E-state index contributed by atoms with van der Waals surface area (Å²) >= 11 is 1.30. The lowest BCUT2D eigenvalue weighted by Gasteiger charge is -2.33. The predicted octanol–water partition coefficient (Wildman–Crippen LogP) is 2.90. The highest BCUT2D eigenvalue weighted by Gasteiger charge is 2.36. The largest absolute Gasteiger partial charge is 0.333 e. The minimum absolute atomic E-state index is 0.447. The van der Waals surface area contributed by atoms with Crippen LogP contribution in [-0.2, 0) is 12.0 Å². The van der Waals surface area contributed by atoms with E-state index in [-0.39, 0.29) is 0 Å². The zero-order valence-electron chi connectivity index (χ0n) is 12.5. The zero-order chi connectivity index (χ0) is 14.9. The van der Waals surface area contributed by atoms with Gasteiger partial charge in [-0.3, -0.25) is 0 Å². The lowest BCUT2D eigenvalue weighted by molar-refractivity contribution is 0.230. The van der Waals surface area contributed by atoms with E-state index in [0.717, 1.165) is 55.0 Å². The summed E-state index contributed by atoms with van der Waals surface area (Å²) in [4.78, 5) is 5.42. The zero-order valence-corrected chi connectivity index (χ0v) is 13.3. The molecule has 21 heavy (non-hydrogen) atoms. The summed E-state index contributed by atoms with van der Waals surface area (Å²) in [5.41, 5.74) is 6.98. The predicted molar refractivity (Wildman–Crippen MR) is 80.7 cm³/mol. The van der Waals surface area contributed by atoms with Gasteiger partial charge in [0.2, 0.25) is 0 Å². The van der Waals surface area contributed by atoms with Crippen molar-refractivity contribution >= 4 is 11.5 Å². The third-order valence-electron chi connectivity index (χ3n) is 4.27. The van der Waals surface area contributed by atoms with Crippen LogP contribution >= 0.6 is 11.5 Å². The van der Waals surface area contributed by atoms with E-state index < -0.39 is 5.54 Å². The molecule has 0 saturated heterocycles. The van der Waals surface area contributed by atoms with E-state index in [1.807, 2.05) is 0 Å². The molecule has 6 nitrogen and oxygen atoms in total. The Balaban J connectivity index is 1.84. The van der Waals surface area contributed by atoms with Gasteiger partial charge < -0.3 is 10.3 Å². The van der Waals surface area contributed by atoms with Gasteiger partial charge >= 0.3 is 0 Å². The van der Waals surface area contributed by atoms with Crippen LogP contribution in [0.25, 0.3) is 10.8 Å². The van der Waals surface area contributed by atoms with Crippen LogP contribution in [0.3, 0.4) is 0 Å². The highest BCUT2D eigenvalue weighted by molar-refractivity contribution is 7.09. The minimum atomic E-state index is -0.447. The van der Waals surface area contributed by atoms with Gasteiger partial charge in [0.15, 0.2) is 5.82 Å². The molecule has 114 valence electrons. The molecule has 0 atom stereocenters. The molecular formula is C14H21N5OS. The SMILES string of the molecule is CCCc1nnsc1-c1nc(C2(N)CCC(C)CC2)no1. The molecule has 0 unspecified atom stereocenters. The second kappa shape index (κ2) is 5.81. The summed E-state index contributed by atoms with van der Waals surface area (Å²) in [5, 5.41) is 8.27. The van der Waals surface area contributed by atoms with Gasteiger partial charge in [0.1, 0.15) is 4.88 Å². The smallest absolute Gasteiger partial charge is 0.271 e. The molecule has 2 aromatic heterocycles. The first-order chi connectivity index (χ1) is 10.1. The molecule has 7 heteroatoms. The van der Waals surface area contributed by atoms with E-state index in [9.17, 15) is 0 Å². The maximum absolute atomic E-state index is 6.49. The average Bonchev–Trinajstić information content (AvgIpc) is 3.11. The summed E-state index contributed by atoms with van der Waals surface area (Å²) in [6.45, 7) is 4.38. The molecule has 1 saturated carbocycles. The molecule has 2 aromatic rings. The maximum atomic E-state index is 6.49. The van der Waals surface area contributed by atoms with Crippen molar-refractivity contribution in [3.63, 3.8) is 0 Å². The number of hydrogen-bond acceptors (Lipinski definition) is 7. The summed E-state index contributed by atoms with van der Waals surface area (Å²) in [6, 6.07) is 0. The molecule has 1 aliphatic carbocycles. The Morgan fingerprint density at radius 2 is 2.14 bits per heavy atom. The van der Waals surface area contributed by atoms with Crippen LogP contribution in [-0.4, -0.2) is 19.7 Å². The van der Waals surface area contributed by atoms with Crippen LogP contribution < -0.4 is 5.73 Å². The Labute approximate surface area is 128 Å². The van der Waals surface area contributed by atoms with Crippen molar-refractivity contribution < 1.29 is 4.52 Å². The van der Waals surface area contributed by atoms with Crippen molar-refractivity contribution in [1.29, 1.82) is 0 Å². The van der Waals surface area contributed by atoms with Crippen molar-refractivity contribution in [2.75, 3.05) is 0 Å². The molecule has 0 bridgehead atoms. The van der Waals surface area contributed by atoms with Crippen LogP contribution in [0.1, 0.15) is 57.5 Å². The van der Waals surface area contributed by atoms with Crippen molar-refractivity contribution in [2.24, 2.45) is 11.7 Å². The lowest BCUT2D eigenvalue weighted by atomic mass is 9.77. The second-order valence-electron chi connectivity index (χ2n) is 6.06. The molecule has 0 aromatic carbocycles. The van der Waals surface area contributed by atoms with Gasteiger partial charge in [0.25, 0.3) is 5.89 Å². The van der Waals surface area contributed by atoms with Gasteiger partial charge in [-0.05, 0) is 49.6 Å². The third-order valence-corrected chi connectivity index (χ3v) is 5.03.